The molecule has 0 heteroatoms. The second-order valence-electron chi connectivity index (χ2n) is 4.99. The minimum atomic E-state index is 1.07. The van der Waals surface area contributed by atoms with Crippen LogP contribution in [0.1, 0.15) is 35.6 Å². The molecule has 1 aliphatic carbocycles. The molecule has 0 bridgehead atoms. The summed E-state index contributed by atoms with van der Waals surface area (Å²) >= 11 is 0. The van der Waals surface area contributed by atoms with E-state index in [9.17, 15) is 0 Å². The van der Waals surface area contributed by atoms with E-state index in [1.54, 1.807) is 0 Å². The standard InChI is InChI=1S/C18H18/c1-2-5-14-8-10-15(11-9-14)18-12-16-6-3-4-7-17(16)13-18/h3-4,6-12H,2,5,13H2,1H3. The Hall–Kier alpha value is -1.82. The van der Waals surface area contributed by atoms with Crippen LogP contribution in [0.15, 0.2) is 48.5 Å². The number of benzene rings is 2. The second-order valence-corrected chi connectivity index (χ2v) is 4.99. The van der Waals surface area contributed by atoms with E-state index >= 15 is 0 Å². The Morgan fingerprint density at radius 1 is 0.944 bits per heavy atom. The Morgan fingerprint density at radius 3 is 2.44 bits per heavy atom. The first-order valence-electron chi connectivity index (χ1n) is 6.74. The van der Waals surface area contributed by atoms with Gasteiger partial charge in [-0.25, -0.2) is 0 Å². The van der Waals surface area contributed by atoms with Crippen molar-refractivity contribution in [2.24, 2.45) is 0 Å². The van der Waals surface area contributed by atoms with Crippen LogP contribution < -0.4 is 0 Å². The normalized spacial score (nSPS) is 13.3. The van der Waals surface area contributed by atoms with Crippen molar-refractivity contribution < 1.29 is 0 Å². The molecule has 0 radical (unpaired) electrons. The molecule has 0 aromatic heterocycles. The molecule has 18 heavy (non-hydrogen) atoms. The van der Waals surface area contributed by atoms with E-state index in [4.69, 9.17) is 0 Å². The monoisotopic (exact) mass is 234 g/mol. The molecule has 2 aromatic rings. The first-order valence-corrected chi connectivity index (χ1v) is 6.74. The molecule has 0 atom stereocenters. The SMILES string of the molecule is CCCc1ccc(C2=Cc3ccccc3C2)cc1. The summed E-state index contributed by atoms with van der Waals surface area (Å²) in [6.45, 7) is 2.23. The second kappa shape index (κ2) is 4.81. The predicted octanol–water partition coefficient (Wildman–Crippen LogP) is 4.74. The quantitative estimate of drug-likeness (QED) is 0.720. The number of hydrogen-bond acceptors (Lipinski definition) is 0. The van der Waals surface area contributed by atoms with Crippen molar-refractivity contribution in [2.45, 2.75) is 26.2 Å². The highest BCUT2D eigenvalue weighted by molar-refractivity contribution is 5.88. The third-order valence-electron chi connectivity index (χ3n) is 3.63. The lowest BCUT2D eigenvalue weighted by Crippen LogP contribution is -1.87. The summed E-state index contributed by atoms with van der Waals surface area (Å²) in [7, 11) is 0. The Bertz CT molecular complexity index is 573. The third kappa shape index (κ3) is 2.11. The highest BCUT2D eigenvalue weighted by Gasteiger charge is 2.12. The highest BCUT2D eigenvalue weighted by Crippen LogP contribution is 2.31. The van der Waals surface area contributed by atoms with Crippen LogP contribution in [0, 0.1) is 0 Å². The van der Waals surface area contributed by atoms with Gasteiger partial charge in [-0.15, -0.1) is 0 Å². The molecule has 0 aliphatic heterocycles. The molecule has 0 saturated heterocycles. The zero-order chi connectivity index (χ0) is 12.4. The summed E-state index contributed by atoms with van der Waals surface area (Å²) in [5.74, 6) is 0. The zero-order valence-electron chi connectivity index (χ0n) is 10.8. The fourth-order valence-electron chi connectivity index (χ4n) is 2.64. The molecule has 3 rings (SSSR count). The van der Waals surface area contributed by atoms with Crippen LogP contribution in [0.25, 0.3) is 11.6 Å². The molecule has 1 aliphatic rings. The maximum atomic E-state index is 2.32. The average molecular weight is 234 g/mol. The summed E-state index contributed by atoms with van der Waals surface area (Å²) in [5, 5.41) is 0. The largest absolute Gasteiger partial charge is 0.0651 e. The molecular weight excluding hydrogens is 216 g/mol. The van der Waals surface area contributed by atoms with Crippen molar-refractivity contribution in [2.75, 3.05) is 0 Å². The Labute approximate surface area is 109 Å². The van der Waals surface area contributed by atoms with Gasteiger partial charge in [-0.05, 0) is 40.7 Å². The maximum absolute atomic E-state index is 2.32. The van der Waals surface area contributed by atoms with Gasteiger partial charge in [-0.2, -0.15) is 0 Å². The smallest absolute Gasteiger partial charge is 0.00137 e. The first kappa shape index (κ1) is 11.3. The molecule has 0 amide bonds. The van der Waals surface area contributed by atoms with E-state index in [1.165, 1.54) is 40.7 Å². The molecule has 90 valence electrons. The van der Waals surface area contributed by atoms with Gasteiger partial charge in [0, 0.05) is 0 Å². The Kier molecular flexibility index (Phi) is 3.02. The minimum Gasteiger partial charge on any atom is -0.0651 e. The molecular formula is C18H18. The van der Waals surface area contributed by atoms with Crippen LogP contribution in [0.5, 0.6) is 0 Å². The van der Waals surface area contributed by atoms with Crippen molar-refractivity contribution in [3.63, 3.8) is 0 Å². The van der Waals surface area contributed by atoms with Crippen LogP contribution in [0.2, 0.25) is 0 Å². The number of allylic oxidation sites excluding steroid dienone is 1. The van der Waals surface area contributed by atoms with Gasteiger partial charge in [-0.3, -0.25) is 0 Å². The van der Waals surface area contributed by atoms with Crippen molar-refractivity contribution in [1.82, 2.24) is 0 Å². The van der Waals surface area contributed by atoms with Gasteiger partial charge in [0.25, 0.3) is 0 Å². The van der Waals surface area contributed by atoms with E-state index in [1.807, 2.05) is 0 Å². The molecule has 0 heterocycles. The molecule has 0 unspecified atom stereocenters. The summed E-state index contributed by atoms with van der Waals surface area (Å²) < 4.78 is 0. The fraction of sp³-hybridized carbons (Fsp3) is 0.222. The summed E-state index contributed by atoms with van der Waals surface area (Å²) in [6, 6.07) is 17.7. The van der Waals surface area contributed by atoms with Crippen molar-refractivity contribution in [3.8, 4) is 0 Å². The van der Waals surface area contributed by atoms with Gasteiger partial charge in [0.05, 0.1) is 0 Å². The minimum absolute atomic E-state index is 1.07. The van der Waals surface area contributed by atoms with Gasteiger partial charge in [-0.1, -0.05) is 68.0 Å². The molecule has 0 nitrogen and oxygen atoms in total. The lowest BCUT2D eigenvalue weighted by Gasteiger charge is -2.04. The van der Waals surface area contributed by atoms with Crippen molar-refractivity contribution in [3.05, 3.63) is 70.8 Å². The van der Waals surface area contributed by atoms with Crippen LogP contribution in [-0.2, 0) is 12.8 Å². The number of fused-ring (bicyclic) bond motifs is 1. The lowest BCUT2D eigenvalue weighted by atomic mass is 10.0. The van der Waals surface area contributed by atoms with Gasteiger partial charge in [0.2, 0.25) is 0 Å². The summed E-state index contributed by atoms with van der Waals surface area (Å²) in [5.41, 5.74) is 7.08. The Morgan fingerprint density at radius 2 is 1.72 bits per heavy atom. The predicted molar refractivity (Wildman–Crippen MR) is 78.5 cm³/mol. The van der Waals surface area contributed by atoms with E-state index in [2.05, 4.69) is 61.5 Å². The van der Waals surface area contributed by atoms with Crippen LogP contribution in [0.3, 0.4) is 0 Å². The molecule has 2 aromatic carbocycles. The highest BCUT2D eigenvalue weighted by atomic mass is 14.2. The molecule has 0 fully saturated rings. The topological polar surface area (TPSA) is 0 Å². The number of rotatable bonds is 3. The van der Waals surface area contributed by atoms with Crippen molar-refractivity contribution >= 4 is 11.6 Å². The van der Waals surface area contributed by atoms with Crippen LogP contribution in [-0.4, -0.2) is 0 Å². The van der Waals surface area contributed by atoms with Gasteiger partial charge in [0.15, 0.2) is 0 Å². The van der Waals surface area contributed by atoms with Crippen molar-refractivity contribution in [1.29, 1.82) is 0 Å². The average Bonchev–Trinajstić information content (AvgIpc) is 2.84. The Balaban J connectivity index is 1.85. The third-order valence-corrected chi connectivity index (χ3v) is 3.63. The van der Waals surface area contributed by atoms with E-state index in [0.717, 1.165) is 6.42 Å². The van der Waals surface area contributed by atoms with Gasteiger partial charge in [0.1, 0.15) is 0 Å². The summed E-state index contributed by atoms with van der Waals surface area (Å²) in [6.07, 6.45) is 5.79. The molecule has 0 N–H and O–H groups in total. The zero-order valence-corrected chi connectivity index (χ0v) is 10.8. The number of hydrogen-bond donors (Lipinski definition) is 0. The van der Waals surface area contributed by atoms with E-state index in [0.29, 0.717) is 0 Å². The van der Waals surface area contributed by atoms with Gasteiger partial charge < -0.3 is 0 Å². The van der Waals surface area contributed by atoms with Crippen LogP contribution in [0.4, 0.5) is 0 Å². The molecule has 0 spiro atoms. The molecule has 0 saturated carbocycles. The van der Waals surface area contributed by atoms with E-state index < -0.39 is 0 Å². The number of aryl methyl sites for hydroxylation is 1. The maximum Gasteiger partial charge on any atom is -0.00137 e. The summed E-state index contributed by atoms with van der Waals surface area (Å²) in [4.78, 5) is 0. The lowest BCUT2D eigenvalue weighted by molar-refractivity contribution is 0.921. The van der Waals surface area contributed by atoms with Gasteiger partial charge >= 0.3 is 0 Å². The van der Waals surface area contributed by atoms with E-state index in [-0.39, 0.29) is 0 Å². The first-order chi connectivity index (χ1) is 8.86. The fourth-order valence-corrected chi connectivity index (χ4v) is 2.64. The van der Waals surface area contributed by atoms with Crippen LogP contribution >= 0.6 is 0 Å².